The van der Waals surface area contributed by atoms with Crippen LogP contribution in [-0.2, 0) is 0 Å². The van der Waals surface area contributed by atoms with E-state index < -0.39 is 0 Å². The maximum Gasteiger partial charge on any atom is 0.285 e. The number of hydrogen-bond acceptors (Lipinski definition) is 6. The van der Waals surface area contributed by atoms with Gasteiger partial charge in [0.15, 0.2) is 5.65 Å². The number of rotatable bonds is 4. The van der Waals surface area contributed by atoms with Crippen LogP contribution in [0.15, 0.2) is 35.1 Å². The van der Waals surface area contributed by atoms with Gasteiger partial charge in [-0.2, -0.15) is 4.98 Å². The molecule has 0 unspecified atom stereocenters. The van der Waals surface area contributed by atoms with Crippen molar-refractivity contribution in [2.24, 2.45) is 5.92 Å². The normalized spacial score (nSPS) is 15.6. The van der Waals surface area contributed by atoms with Crippen LogP contribution in [-0.4, -0.2) is 39.9 Å². The molecule has 0 spiro atoms. The molecule has 0 bridgehead atoms. The second-order valence-corrected chi connectivity index (χ2v) is 7.97. The first-order valence-corrected chi connectivity index (χ1v) is 10.2. The van der Waals surface area contributed by atoms with Crippen molar-refractivity contribution in [3.8, 4) is 11.3 Å². The summed E-state index contributed by atoms with van der Waals surface area (Å²) in [5, 5.41) is 3.62. The Morgan fingerprint density at radius 3 is 2.45 bits per heavy atom. The van der Waals surface area contributed by atoms with Gasteiger partial charge >= 0.3 is 0 Å². The Morgan fingerprint density at radius 2 is 1.79 bits per heavy atom. The molecule has 29 heavy (non-hydrogen) atoms. The summed E-state index contributed by atoms with van der Waals surface area (Å²) in [7, 11) is 1.42. The maximum atomic E-state index is 12.3. The van der Waals surface area contributed by atoms with E-state index in [0.717, 1.165) is 30.7 Å². The van der Waals surface area contributed by atoms with E-state index in [1.807, 2.05) is 0 Å². The molecule has 0 atom stereocenters. The molecule has 0 aliphatic carbocycles. The molecule has 0 radical (unpaired) electrons. The number of nitrogens with zero attached hydrogens (tertiary/aromatic N) is 4. The summed E-state index contributed by atoms with van der Waals surface area (Å²) < 4.78 is 1.13. The topological polar surface area (TPSA) is 72.3 Å². The first-order valence-electron chi connectivity index (χ1n) is 9.42. The lowest BCUT2D eigenvalue weighted by Gasteiger charge is -2.30. The van der Waals surface area contributed by atoms with Gasteiger partial charge in [0.05, 0.1) is 15.7 Å². The molecule has 4 rings (SSSR count). The molecule has 1 saturated heterocycles. The zero-order chi connectivity index (χ0) is 20.5. The van der Waals surface area contributed by atoms with E-state index in [9.17, 15) is 4.79 Å². The van der Waals surface area contributed by atoms with Crippen LogP contribution in [0.5, 0.6) is 0 Å². The highest BCUT2D eigenvalue weighted by Gasteiger charge is 2.21. The third-order valence-electron chi connectivity index (χ3n) is 5.13. The van der Waals surface area contributed by atoms with E-state index in [4.69, 9.17) is 33.0 Å². The fourth-order valence-electron chi connectivity index (χ4n) is 3.50. The average Bonchev–Trinajstić information content (AvgIpc) is 2.69. The second-order valence-electron chi connectivity index (χ2n) is 7.16. The Kier molecular flexibility index (Phi) is 5.63. The average molecular weight is 434 g/mol. The number of piperidine rings is 1. The highest BCUT2D eigenvalue weighted by Crippen LogP contribution is 2.37. The van der Waals surface area contributed by atoms with Crippen molar-refractivity contribution in [3.63, 3.8) is 0 Å². The van der Waals surface area contributed by atoms with Crippen molar-refractivity contribution in [1.29, 1.82) is 0 Å². The lowest BCUT2D eigenvalue weighted by Crippen LogP contribution is -2.38. The van der Waals surface area contributed by atoms with Crippen LogP contribution in [0.25, 0.3) is 22.3 Å². The fourth-order valence-corrected chi connectivity index (χ4v) is 4.07. The number of fused-ring (bicyclic) bond motifs is 1. The van der Waals surface area contributed by atoms with Crippen molar-refractivity contribution >= 4 is 40.2 Å². The van der Waals surface area contributed by atoms with Crippen LogP contribution < -0.4 is 15.8 Å². The Morgan fingerprint density at radius 1 is 1.10 bits per heavy atom. The minimum Gasteiger partial charge on any atom is -0.412 e. The van der Waals surface area contributed by atoms with E-state index >= 15 is 0 Å². The highest BCUT2D eigenvalue weighted by atomic mass is 35.5. The summed E-state index contributed by atoms with van der Waals surface area (Å²) in [6.07, 6.45) is 2.18. The van der Waals surface area contributed by atoms with Gasteiger partial charge in [-0.1, -0.05) is 36.2 Å². The molecule has 0 saturated carbocycles. The summed E-state index contributed by atoms with van der Waals surface area (Å²) in [4.78, 5) is 26.8. The number of benzene rings is 1. The van der Waals surface area contributed by atoms with Gasteiger partial charge in [0, 0.05) is 30.1 Å². The number of nitrogens with one attached hydrogen (secondary N) is 1. The summed E-state index contributed by atoms with van der Waals surface area (Å²) in [6.45, 7) is 4.02. The molecule has 2 aromatic heterocycles. The molecule has 3 aromatic rings. The minimum absolute atomic E-state index is 0.326. The number of hydrazine groups is 1. The number of aromatic nitrogens is 3. The molecule has 1 aliphatic heterocycles. The maximum absolute atomic E-state index is 12.3. The molecule has 1 N–H and O–H groups in total. The molecular weight excluding hydrogens is 413 g/mol. The zero-order valence-electron chi connectivity index (χ0n) is 16.2. The molecule has 3 heterocycles. The zero-order valence-corrected chi connectivity index (χ0v) is 17.7. The Bertz CT molecular complexity index is 1090. The van der Waals surface area contributed by atoms with Crippen LogP contribution >= 0.6 is 23.2 Å². The van der Waals surface area contributed by atoms with Gasteiger partial charge in [-0.3, -0.25) is 10.2 Å². The number of pyridine rings is 1. The monoisotopic (exact) mass is 433 g/mol. The molecule has 0 amide bonds. The van der Waals surface area contributed by atoms with Gasteiger partial charge in [0.1, 0.15) is 7.11 Å². The third kappa shape index (κ3) is 3.90. The SMILES string of the molecule is COn1c(=O)ccc2c(-c3c(Cl)cccc3Cl)nc(NN3CCC(C)CC3)nc21. The van der Waals surface area contributed by atoms with Crippen molar-refractivity contribution in [1.82, 2.24) is 19.7 Å². The smallest absolute Gasteiger partial charge is 0.285 e. The fraction of sp³-hybridized carbons (Fsp3) is 0.350. The van der Waals surface area contributed by atoms with Crippen LogP contribution in [0, 0.1) is 5.92 Å². The molecule has 1 aromatic carbocycles. The van der Waals surface area contributed by atoms with Crippen LogP contribution in [0.3, 0.4) is 0 Å². The van der Waals surface area contributed by atoms with E-state index in [1.54, 1.807) is 24.3 Å². The predicted molar refractivity (Wildman–Crippen MR) is 115 cm³/mol. The molecule has 1 aliphatic rings. The Labute approximate surface area is 178 Å². The van der Waals surface area contributed by atoms with Gasteiger partial charge in [-0.25, -0.2) is 9.99 Å². The Hall–Kier alpha value is -2.35. The predicted octanol–water partition coefficient (Wildman–Crippen LogP) is 3.88. The summed E-state index contributed by atoms with van der Waals surface area (Å²) >= 11 is 12.9. The summed E-state index contributed by atoms with van der Waals surface area (Å²) in [6, 6.07) is 8.35. The van der Waals surface area contributed by atoms with Crippen molar-refractivity contribution in [2.75, 3.05) is 25.6 Å². The van der Waals surface area contributed by atoms with Crippen molar-refractivity contribution in [2.45, 2.75) is 19.8 Å². The van der Waals surface area contributed by atoms with E-state index in [2.05, 4.69) is 22.3 Å². The van der Waals surface area contributed by atoms with Gasteiger partial charge in [0.25, 0.3) is 5.56 Å². The van der Waals surface area contributed by atoms with Crippen LogP contribution in [0.2, 0.25) is 10.0 Å². The van der Waals surface area contributed by atoms with Gasteiger partial charge in [0.2, 0.25) is 5.95 Å². The molecule has 1 fully saturated rings. The first kappa shape index (κ1) is 19.9. The van der Waals surface area contributed by atoms with Crippen LogP contribution in [0.4, 0.5) is 5.95 Å². The van der Waals surface area contributed by atoms with Crippen LogP contribution in [0.1, 0.15) is 19.8 Å². The lowest BCUT2D eigenvalue weighted by atomic mass is 10.0. The van der Waals surface area contributed by atoms with E-state index in [0.29, 0.717) is 44.2 Å². The van der Waals surface area contributed by atoms with Gasteiger partial charge in [-0.15, -0.1) is 4.73 Å². The molecule has 9 heteroatoms. The number of hydrogen-bond donors (Lipinski definition) is 1. The van der Waals surface area contributed by atoms with Gasteiger partial charge in [-0.05, 0) is 37.0 Å². The largest absolute Gasteiger partial charge is 0.412 e. The summed E-state index contributed by atoms with van der Waals surface area (Å²) in [5.74, 6) is 1.05. The van der Waals surface area contributed by atoms with Crippen molar-refractivity contribution in [3.05, 3.63) is 50.7 Å². The van der Waals surface area contributed by atoms with E-state index in [-0.39, 0.29) is 5.56 Å². The summed E-state index contributed by atoms with van der Waals surface area (Å²) in [5.41, 5.74) is 4.40. The number of anilines is 1. The molecular formula is C20H21Cl2N5O2. The third-order valence-corrected chi connectivity index (χ3v) is 5.76. The first-order chi connectivity index (χ1) is 14.0. The van der Waals surface area contributed by atoms with Crippen molar-refractivity contribution < 1.29 is 4.84 Å². The minimum atomic E-state index is -0.326. The molecule has 152 valence electrons. The molecule has 7 nitrogen and oxygen atoms in total. The van der Waals surface area contributed by atoms with E-state index in [1.165, 1.54) is 13.2 Å². The Balaban J connectivity index is 1.90. The second kappa shape index (κ2) is 8.18. The quantitative estimate of drug-likeness (QED) is 0.672. The standard InChI is InChI=1S/C20H21Cl2N5O2/c1-12-8-10-26(11-9-12)25-20-23-18(17-14(21)4-3-5-15(17)22)13-6-7-16(28)27(29-2)19(13)24-20/h3-7,12H,8-11H2,1-2H3,(H,23,24,25). The van der Waals surface area contributed by atoms with Gasteiger partial charge < -0.3 is 4.84 Å². The number of halogens is 2. The lowest BCUT2D eigenvalue weighted by molar-refractivity contribution is 0.167. The highest BCUT2D eigenvalue weighted by molar-refractivity contribution is 6.39.